The summed E-state index contributed by atoms with van der Waals surface area (Å²) in [4.78, 5) is 14.6. The van der Waals surface area contributed by atoms with Gasteiger partial charge in [-0.15, -0.1) is 0 Å². The number of alkyl halides is 2. The summed E-state index contributed by atoms with van der Waals surface area (Å²) < 4.78 is 35.7. The molecule has 1 aliphatic heterocycles. The Bertz CT molecular complexity index is 1490. The maximum Gasteiger partial charge on any atom is 0.264 e. The Hall–Kier alpha value is -3.87. The first-order chi connectivity index (χ1) is 16.8. The maximum atomic E-state index is 14.3. The van der Waals surface area contributed by atoms with Crippen LogP contribution in [0.2, 0.25) is 0 Å². The summed E-state index contributed by atoms with van der Waals surface area (Å²) in [5, 5.41) is 10.5. The number of anilines is 2. The van der Waals surface area contributed by atoms with Gasteiger partial charge < -0.3 is 19.3 Å². The minimum absolute atomic E-state index is 0.0582. The van der Waals surface area contributed by atoms with E-state index in [4.69, 9.17) is 4.74 Å². The predicted octanol–water partition coefficient (Wildman–Crippen LogP) is 6.25. The number of hydrogen-bond acceptors (Lipinski definition) is 4. The third-order valence-electron chi connectivity index (χ3n) is 6.78. The normalized spacial score (nSPS) is 13.4. The number of phenols is 1. The van der Waals surface area contributed by atoms with Crippen LogP contribution in [0.4, 0.5) is 20.2 Å². The van der Waals surface area contributed by atoms with Gasteiger partial charge in [0, 0.05) is 47.9 Å². The number of methoxy groups -OCH3 is 1. The number of fused-ring (bicyclic) bond motifs is 2. The monoisotopic (exact) mass is 476 g/mol. The lowest BCUT2D eigenvalue weighted by Gasteiger charge is -2.34. The number of benzene rings is 3. The topological polar surface area (TPSA) is 54.7 Å². The Morgan fingerprint density at radius 3 is 2.46 bits per heavy atom. The van der Waals surface area contributed by atoms with Crippen molar-refractivity contribution in [1.29, 1.82) is 0 Å². The van der Waals surface area contributed by atoms with Crippen molar-refractivity contribution in [2.45, 2.75) is 26.2 Å². The summed E-state index contributed by atoms with van der Waals surface area (Å²) in [5.74, 6) is 0.680. The van der Waals surface area contributed by atoms with Crippen molar-refractivity contribution >= 4 is 22.3 Å². The number of aromatic nitrogens is 1. The number of aryl methyl sites for hydroxylation is 3. The van der Waals surface area contributed by atoms with E-state index < -0.39 is 6.43 Å². The average Bonchev–Trinajstić information content (AvgIpc) is 2.86. The first-order valence-corrected chi connectivity index (χ1v) is 11.5. The number of halogens is 2. The van der Waals surface area contributed by atoms with Crippen LogP contribution in [0.3, 0.4) is 0 Å². The van der Waals surface area contributed by atoms with E-state index in [0.29, 0.717) is 29.0 Å². The lowest BCUT2D eigenvalue weighted by molar-refractivity contribution is 0.152. The minimum Gasteiger partial charge on any atom is -0.508 e. The van der Waals surface area contributed by atoms with Crippen LogP contribution < -0.4 is 15.2 Å². The number of nitrogens with zero attached hydrogens (tertiary/aromatic N) is 2. The van der Waals surface area contributed by atoms with Gasteiger partial charge in [0.1, 0.15) is 11.5 Å². The van der Waals surface area contributed by atoms with Gasteiger partial charge in [0.25, 0.3) is 12.0 Å². The fourth-order valence-electron chi connectivity index (χ4n) is 4.99. The molecule has 0 radical (unpaired) electrons. The summed E-state index contributed by atoms with van der Waals surface area (Å²) in [7, 11) is 3.30. The van der Waals surface area contributed by atoms with Crippen LogP contribution in [0.5, 0.6) is 11.5 Å². The lowest BCUT2D eigenvalue weighted by atomic mass is 9.91. The third kappa shape index (κ3) is 3.91. The molecule has 0 saturated carbocycles. The van der Waals surface area contributed by atoms with Gasteiger partial charge in [-0.1, -0.05) is 12.1 Å². The Morgan fingerprint density at radius 2 is 1.77 bits per heavy atom. The van der Waals surface area contributed by atoms with Crippen LogP contribution >= 0.6 is 0 Å². The van der Waals surface area contributed by atoms with Crippen molar-refractivity contribution in [3.8, 4) is 22.6 Å². The smallest absolute Gasteiger partial charge is 0.264 e. The summed E-state index contributed by atoms with van der Waals surface area (Å²) in [6, 6.07) is 15.3. The molecule has 5 rings (SSSR count). The Labute approximate surface area is 201 Å². The standard InChI is InChI=1S/C28H26F2N2O3/c1-16-11-23-25(31(2)28(16)34)13-20(35-3)14-26(23)32-10-4-5-18-12-21(17-6-8-19(33)9-7-17)22(27(29)30)15-24(18)32/h6-9,11-15,27,33H,4-5,10H2,1-3H3. The van der Waals surface area contributed by atoms with Gasteiger partial charge in [0.2, 0.25) is 0 Å². The van der Waals surface area contributed by atoms with Crippen molar-refractivity contribution in [1.82, 2.24) is 4.57 Å². The van der Waals surface area contributed by atoms with E-state index in [0.717, 1.165) is 40.7 Å². The van der Waals surface area contributed by atoms with E-state index in [1.807, 2.05) is 24.3 Å². The van der Waals surface area contributed by atoms with Crippen molar-refractivity contribution in [3.05, 3.63) is 81.6 Å². The molecule has 0 fully saturated rings. The van der Waals surface area contributed by atoms with Crippen LogP contribution in [0.1, 0.15) is 29.5 Å². The SMILES string of the molecule is COc1cc(N2CCCc3cc(-c4ccc(O)cc4)c(C(F)F)cc32)c2cc(C)c(=O)n(C)c2c1. The Balaban J connectivity index is 1.75. The zero-order chi connectivity index (χ0) is 24.9. The molecule has 1 N–H and O–H groups in total. The van der Waals surface area contributed by atoms with E-state index >= 15 is 0 Å². The molecule has 2 heterocycles. The van der Waals surface area contributed by atoms with Crippen LogP contribution in [0.25, 0.3) is 22.0 Å². The fourth-order valence-corrected chi connectivity index (χ4v) is 4.99. The molecule has 0 bridgehead atoms. The highest BCUT2D eigenvalue weighted by atomic mass is 19.3. The fraction of sp³-hybridized carbons (Fsp3) is 0.250. The number of pyridine rings is 1. The minimum atomic E-state index is -2.67. The molecule has 0 aliphatic carbocycles. The number of hydrogen-bond donors (Lipinski definition) is 1. The molecule has 7 heteroatoms. The molecule has 35 heavy (non-hydrogen) atoms. The molecular formula is C28H26F2N2O3. The molecular weight excluding hydrogens is 450 g/mol. The Kier molecular flexibility index (Phi) is 5.71. The molecule has 0 spiro atoms. The summed E-state index contributed by atoms with van der Waals surface area (Å²) in [5.41, 5.74) is 4.81. The number of rotatable bonds is 4. The second-order valence-electron chi connectivity index (χ2n) is 8.94. The van der Waals surface area contributed by atoms with E-state index in [-0.39, 0.29) is 16.9 Å². The molecule has 5 nitrogen and oxygen atoms in total. The molecule has 1 aromatic heterocycles. The number of phenolic OH excluding ortho intramolecular Hbond substituents is 1. The molecule has 0 unspecified atom stereocenters. The maximum absolute atomic E-state index is 14.3. The zero-order valence-corrected chi connectivity index (χ0v) is 19.8. The van der Waals surface area contributed by atoms with Gasteiger partial charge in [-0.05, 0) is 66.8 Å². The van der Waals surface area contributed by atoms with Crippen molar-refractivity contribution < 1.29 is 18.6 Å². The molecule has 0 atom stereocenters. The average molecular weight is 477 g/mol. The summed E-state index contributed by atoms with van der Waals surface area (Å²) in [6.45, 7) is 2.43. The van der Waals surface area contributed by atoms with Crippen molar-refractivity contribution in [2.24, 2.45) is 7.05 Å². The van der Waals surface area contributed by atoms with E-state index in [1.54, 1.807) is 43.8 Å². The highest BCUT2D eigenvalue weighted by molar-refractivity contribution is 5.97. The van der Waals surface area contributed by atoms with Gasteiger partial charge in [-0.2, -0.15) is 0 Å². The second kappa shape index (κ2) is 8.73. The number of ether oxygens (including phenoxy) is 1. The lowest BCUT2D eigenvalue weighted by Crippen LogP contribution is -2.26. The van der Waals surface area contributed by atoms with Crippen LogP contribution in [-0.4, -0.2) is 23.3 Å². The molecule has 180 valence electrons. The molecule has 4 aromatic rings. The van der Waals surface area contributed by atoms with E-state index in [9.17, 15) is 18.7 Å². The van der Waals surface area contributed by atoms with Crippen LogP contribution in [0.15, 0.2) is 59.4 Å². The van der Waals surface area contributed by atoms with Crippen molar-refractivity contribution in [2.75, 3.05) is 18.6 Å². The molecule has 0 amide bonds. The highest BCUT2D eigenvalue weighted by Gasteiger charge is 2.26. The van der Waals surface area contributed by atoms with Gasteiger partial charge in [-0.25, -0.2) is 8.78 Å². The third-order valence-corrected chi connectivity index (χ3v) is 6.78. The summed E-state index contributed by atoms with van der Waals surface area (Å²) >= 11 is 0. The molecule has 0 saturated heterocycles. The number of aromatic hydroxyl groups is 1. The van der Waals surface area contributed by atoms with E-state index in [1.165, 1.54) is 12.1 Å². The largest absolute Gasteiger partial charge is 0.508 e. The van der Waals surface area contributed by atoms with Crippen LogP contribution in [-0.2, 0) is 13.5 Å². The molecule has 1 aliphatic rings. The van der Waals surface area contributed by atoms with Gasteiger partial charge in [0.05, 0.1) is 18.3 Å². The molecule has 3 aromatic carbocycles. The predicted molar refractivity (Wildman–Crippen MR) is 134 cm³/mol. The first kappa shape index (κ1) is 22.9. The van der Waals surface area contributed by atoms with Gasteiger partial charge in [-0.3, -0.25) is 4.79 Å². The van der Waals surface area contributed by atoms with Gasteiger partial charge in [0.15, 0.2) is 0 Å². The first-order valence-electron chi connectivity index (χ1n) is 11.5. The highest BCUT2D eigenvalue weighted by Crippen LogP contribution is 2.44. The van der Waals surface area contributed by atoms with Crippen molar-refractivity contribution in [3.63, 3.8) is 0 Å². The second-order valence-corrected chi connectivity index (χ2v) is 8.94. The van der Waals surface area contributed by atoms with Gasteiger partial charge >= 0.3 is 0 Å². The van der Waals surface area contributed by atoms with E-state index in [2.05, 4.69) is 4.90 Å². The van der Waals surface area contributed by atoms with Crippen LogP contribution in [0, 0.1) is 6.92 Å². The Morgan fingerprint density at radius 1 is 1.03 bits per heavy atom. The zero-order valence-electron chi connectivity index (χ0n) is 19.8. The summed E-state index contributed by atoms with van der Waals surface area (Å²) in [6.07, 6.45) is -1.06. The quantitative estimate of drug-likeness (QED) is 0.378.